The van der Waals surface area contributed by atoms with Crippen molar-refractivity contribution in [1.29, 1.82) is 0 Å². The Kier molecular flexibility index (Phi) is 3.95. The van der Waals surface area contributed by atoms with Crippen LogP contribution in [-0.2, 0) is 0 Å². The van der Waals surface area contributed by atoms with Gasteiger partial charge in [0, 0.05) is 11.3 Å². The van der Waals surface area contributed by atoms with Crippen LogP contribution < -0.4 is 5.73 Å². The number of hydrogen-bond donors (Lipinski definition) is 4. The lowest BCUT2D eigenvalue weighted by atomic mass is 10.1. The van der Waals surface area contributed by atoms with Crippen LogP contribution in [0.1, 0.15) is 19.8 Å². The molecule has 0 amide bonds. The van der Waals surface area contributed by atoms with Crippen molar-refractivity contribution < 1.29 is 15.3 Å². The largest absolute Gasteiger partial charge is 0.399 e. The molecule has 0 radical (unpaired) electrons. The van der Waals surface area contributed by atoms with Gasteiger partial charge in [-0.1, -0.05) is 19.9 Å². The van der Waals surface area contributed by atoms with Gasteiger partial charge in [-0.3, -0.25) is 0 Å². The van der Waals surface area contributed by atoms with Crippen molar-refractivity contribution in [3.8, 4) is 0 Å². The van der Waals surface area contributed by atoms with E-state index in [9.17, 15) is 0 Å². The first-order valence-electron chi connectivity index (χ1n) is 3.72. The summed E-state index contributed by atoms with van der Waals surface area (Å²) < 4.78 is 0. The second kappa shape index (κ2) is 4.25. The fraction of sp³-hybridized carbons (Fsp3) is 0.500. The molecule has 0 spiro atoms. The van der Waals surface area contributed by atoms with E-state index in [1.165, 1.54) is 6.08 Å². The monoisotopic (exact) mass is 173 g/mol. The molecule has 0 unspecified atom stereocenters. The Labute approximate surface area is 71.6 Å². The highest BCUT2D eigenvalue weighted by Gasteiger charge is 2.26. The standard InChI is InChI=1S/C8H15NO3/c1-3-5-6(7(9)4-2)8(10,11)12/h4,10-12H,2-3,5,9H2,1H3/b7-6-. The molecule has 12 heavy (non-hydrogen) atoms. The van der Waals surface area contributed by atoms with Crippen molar-refractivity contribution in [2.45, 2.75) is 25.7 Å². The predicted molar refractivity (Wildman–Crippen MR) is 45.7 cm³/mol. The zero-order valence-electron chi connectivity index (χ0n) is 7.12. The van der Waals surface area contributed by atoms with E-state index in [1.54, 1.807) is 0 Å². The minimum atomic E-state index is -2.83. The van der Waals surface area contributed by atoms with E-state index in [0.717, 1.165) is 0 Å². The molecule has 4 nitrogen and oxygen atoms in total. The fourth-order valence-electron chi connectivity index (χ4n) is 0.879. The summed E-state index contributed by atoms with van der Waals surface area (Å²) >= 11 is 0. The van der Waals surface area contributed by atoms with Gasteiger partial charge in [-0.05, 0) is 12.5 Å². The molecule has 0 aromatic heterocycles. The molecular weight excluding hydrogens is 158 g/mol. The van der Waals surface area contributed by atoms with Crippen molar-refractivity contribution in [3.63, 3.8) is 0 Å². The second-order valence-electron chi connectivity index (χ2n) is 2.52. The molecule has 0 atom stereocenters. The third-order valence-corrected chi connectivity index (χ3v) is 1.47. The first-order chi connectivity index (χ1) is 5.43. The Morgan fingerprint density at radius 1 is 1.50 bits per heavy atom. The third kappa shape index (κ3) is 3.04. The topological polar surface area (TPSA) is 86.7 Å². The highest BCUT2D eigenvalue weighted by atomic mass is 16.7. The normalized spacial score (nSPS) is 14.0. The Bertz CT molecular complexity index is 191. The molecule has 0 aliphatic heterocycles. The van der Waals surface area contributed by atoms with E-state index in [2.05, 4.69) is 6.58 Å². The molecule has 0 aliphatic carbocycles. The maximum Gasteiger partial charge on any atom is 0.302 e. The molecule has 0 aliphatic rings. The summed E-state index contributed by atoms with van der Waals surface area (Å²) in [6.07, 6.45) is 2.25. The minimum Gasteiger partial charge on any atom is -0.399 e. The van der Waals surface area contributed by atoms with Gasteiger partial charge in [0.25, 0.3) is 0 Å². The summed E-state index contributed by atoms with van der Waals surface area (Å²) in [5.74, 6) is -2.83. The minimum absolute atomic E-state index is 0.0139. The molecule has 4 heteroatoms. The summed E-state index contributed by atoms with van der Waals surface area (Å²) in [6.45, 7) is 5.20. The van der Waals surface area contributed by atoms with E-state index >= 15 is 0 Å². The molecule has 0 saturated heterocycles. The highest BCUT2D eigenvalue weighted by molar-refractivity contribution is 5.24. The van der Waals surface area contributed by atoms with Gasteiger partial charge in [0.2, 0.25) is 0 Å². The van der Waals surface area contributed by atoms with E-state index in [4.69, 9.17) is 21.1 Å². The number of aliphatic hydroxyl groups is 3. The first-order valence-corrected chi connectivity index (χ1v) is 3.72. The molecular formula is C8H15NO3. The van der Waals surface area contributed by atoms with Gasteiger partial charge in [-0.25, -0.2) is 0 Å². The lowest BCUT2D eigenvalue weighted by molar-refractivity contribution is -0.283. The van der Waals surface area contributed by atoms with Gasteiger partial charge in [-0.2, -0.15) is 0 Å². The van der Waals surface area contributed by atoms with Crippen molar-refractivity contribution >= 4 is 0 Å². The number of hydrogen-bond acceptors (Lipinski definition) is 4. The van der Waals surface area contributed by atoms with Gasteiger partial charge >= 0.3 is 5.97 Å². The van der Waals surface area contributed by atoms with Gasteiger partial charge in [0.05, 0.1) is 0 Å². The molecule has 0 bridgehead atoms. The molecule has 0 saturated carbocycles. The summed E-state index contributed by atoms with van der Waals surface area (Å²) in [4.78, 5) is 0. The van der Waals surface area contributed by atoms with E-state index in [1.807, 2.05) is 6.92 Å². The average Bonchev–Trinajstić information content (AvgIpc) is 1.96. The molecule has 5 N–H and O–H groups in total. The summed E-state index contributed by atoms with van der Waals surface area (Å²) in [5.41, 5.74) is 5.46. The third-order valence-electron chi connectivity index (χ3n) is 1.47. The first kappa shape index (κ1) is 11.2. The van der Waals surface area contributed by atoms with E-state index in [0.29, 0.717) is 12.8 Å². The molecule has 0 aromatic carbocycles. The van der Waals surface area contributed by atoms with Crippen LogP contribution in [0.3, 0.4) is 0 Å². The maximum absolute atomic E-state index is 8.84. The molecule has 0 rings (SSSR count). The SMILES string of the molecule is C=C/C(N)=C(\CCC)C(O)(O)O. The van der Waals surface area contributed by atoms with Crippen LogP contribution in [0.2, 0.25) is 0 Å². The number of nitrogens with two attached hydrogens (primary N) is 1. The molecule has 0 aromatic rings. The predicted octanol–water partition coefficient (Wildman–Crippen LogP) is -0.184. The number of allylic oxidation sites excluding steroid dienone is 1. The summed E-state index contributed by atoms with van der Waals surface area (Å²) in [7, 11) is 0. The van der Waals surface area contributed by atoms with Crippen molar-refractivity contribution in [1.82, 2.24) is 0 Å². The summed E-state index contributed by atoms with van der Waals surface area (Å²) in [5, 5.41) is 26.5. The Morgan fingerprint density at radius 2 is 2.00 bits per heavy atom. The van der Waals surface area contributed by atoms with Crippen molar-refractivity contribution in [2.24, 2.45) is 5.73 Å². The average molecular weight is 173 g/mol. The Hall–Kier alpha value is -0.840. The van der Waals surface area contributed by atoms with E-state index < -0.39 is 5.97 Å². The highest BCUT2D eigenvalue weighted by Crippen LogP contribution is 2.18. The zero-order chi connectivity index (χ0) is 9.78. The molecule has 0 heterocycles. The zero-order valence-corrected chi connectivity index (χ0v) is 7.12. The van der Waals surface area contributed by atoms with Crippen LogP contribution in [0.5, 0.6) is 0 Å². The Morgan fingerprint density at radius 3 is 2.25 bits per heavy atom. The fourth-order valence-corrected chi connectivity index (χ4v) is 0.879. The number of rotatable bonds is 4. The van der Waals surface area contributed by atoms with Gasteiger partial charge in [0.1, 0.15) is 0 Å². The van der Waals surface area contributed by atoms with E-state index in [-0.39, 0.29) is 11.3 Å². The van der Waals surface area contributed by atoms with Crippen LogP contribution in [0, 0.1) is 0 Å². The lowest BCUT2D eigenvalue weighted by Gasteiger charge is -2.19. The Balaban J connectivity index is 4.78. The molecule has 70 valence electrons. The smallest absolute Gasteiger partial charge is 0.302 e. The van der Waals surface area contributed by atoms with Crippen LogP contribution in [0.25, 0.3) is 0 Å². The van der Waals surface area contributed by atoms with Gasteiger partial charge in [0.15, 0.2) is 0 Å². The maximum atomic E-state index is 8.84. The van der Waals surface area contributed by atoms with Crippen molar-refractivity contribution in [3.05, 3.63) is 23.9 Å². The summed E-state index contributed by atoms with van der Waals surface area (Å²) in [6, 6.07) is 0. The quantitative estimate of drug-likeness (QED) is 0.351. The van der Waals surface area contributed by atoms with Gasteiger partial charge in [-0.15, -0.1) is 0 Å². The second-order valence-corrected chi connectivity index (χ2v) is 2.52. The molecule has 0 fully saturated rings. The van der Waals surface area contributed by atoms with Crippen molar-refractivity contribution in [2.75, 3.05) is 0 Å². The van der Waals surface area contributed by atoms with Crippen LogP contribution in [-0.4, -0.2) is 21.3 Å². The van der Waals surface area contributed by atoms with Crippen LogP contribution in [0.4, 0.5) is 0 Å². The van der Waals surface area contributed by atoms with Crippen LogP contribution in [0.15, 0.2) is 23.9 Å². The van der Waals surface area contributed by atoms with Crippen LogP contribution >= 0.6 is 0 Å². The lowest BCUT2D eigenvalue weighted by Crippen LogP contribution is -2.32. The van der Waals surface area contributed by atoms with Gasteiger partial charge < -0.3 is 21.1 Å².